The van der Waals surface area contributed by atoms with Crippen LogP contribution in [-0.4, -0.2) is 17.0 Å². The van der Waals surface area contributed by atoms with Crippen molar-refractivity contribution in [2.24, 2.45) is 0 Å². The Bertz CT molecular complexity index is 362. The SMILES string of the molecule is CC(=O)C1(c2ccccc2)CCC(O)CC1. The van der Waals surface area contributed by atoms with Crippen LogP contribution in [-0.2, 0) is 10.2 Å². The summed E-state index contributed by atoms with van der Waals surface area (Å²) < 4.78 is 0. The molecule has 0 bridgehead atoms. The van der Waals surface area contributed by atoms with Gasteiger partial charge in [0, 0.05) is 0 Å². The number of carbonyl (C=O) groups excluding carboxylic acids is 1. The second-order valence-electron chi connectivity index (χ2n) is 4.74. The van der Waals surface area contributed by atoms with E-state index in [0.29, 0.717) is 0 Å². The molecule has 1 fully saturated rings. The smallest absolute Gasteiger partial charge is 0.140 e. The molecule has 2 heteroatoms. The second kappa shape index (κ2) is 4.38. The van der Waals surface area contributed by atoms with Gasteiger partial charge in [0.05, 0.1) is 11.5 Å². The first kappa shape index (κ1) is 11.3. The van der Waals surface area contributed by atoms with E-state index in [1.165, 1.54) is 0 Å². The molecule has 1 aromatic carbocycles. The van der Waals surface area contributed by atoms with E-state index >= 15 is 0 Å². The fraction of sp³-hybridized carbons (Fsp3) is 0.500. The molecule has 0 aromatic heterocycles. The molecule has 0 saturated heterocycles. The number of benzene rings is 1. The van der Waals surface area contributed by atoms with Crippen molar-refractivity contribution in [3.05, 3.63) is 35.9 Å². The molecule has 0 aliphatic heterocycles. The summed E-state index contributed by atoms with van der Waals surface area (Å²) in [7, 11) is 0. The second-order valence-corrected chi connectivity index (χ2v) is 4.74. The fourth-order valence-electron chi connectivity index (χ4n) is 2.70. The van der Waals surface area contributed by atoms with Gasteiger partial charge in [-0.1, -0.05) is 30.3 Å². The quantitative estimate of drug-likeness (QED) is 0.828. The van der Waals surface area contributed by atoms with Gasteiger partial charge in [0.25, 0.3) is 0 Å². The highest BCUT2D eigenvalue weighted by Gasteiger charge is 2.40. The largest absolute Gasteiger partial charge is 0.393 e. The van der Waals surface area contributed by atoms with Crippen molar-refractivity contribution in [1.29, 1.82) is 0 Å². The first-order valence-electron chi connectivity index (χ1n) is 5.90. The number of hydrogen-bond donors (Lipinski definition) is 1. The zero-order chi connectivity index (χ0) is 11.6. The van der Waals surface area contributed by atoms with Crippen LogP contribution in [0, 0.1) is 0 Å². The Morgan fingerprint density at radius 3 is 2.31 bits per heavy atom. The third kappa shape index (κ3) is 1.90. The fourth-order valence-corrected chi connectivity index (χ4v) is 2.70. The summed E-state index contributed by atoms with van der Waals surface area (Å²) in [5.74, 6) is 0.227. The van der Waals surface area contributed by atoms with Gasteiger partial charge in [-0.2, -0.15) is 0 Å². The molecule has 0 unspecified atom stereocenters. The number of Topliss-reactive ketones (excluding diaryl/α,β-unsaturated/α-hetero) is 1. The van der Waals surface area contributed by atoms with Crippen LogP contribution in [0.5, 0.6) is 0 Å². The lowest BCUT2D eigenvalue weighted by atomic mass is 9.66. The zero-order valence-electron chi connectivity index (χ0n) is 9.65. The standard InChI is InChI=1S/C14H18O2/c1-11(15)14(9-7-13(16)8-10-14)12-5-3-2-4-6-12/h2-6,13,16H,7-10H2,1H3. The molecule has 0 heterocycles. The van der Waals surface area contributed by atoms with Crippen LogP contribution < -0.4 is 0 Å². The minimum atomic E-state index is -0.347. The van der Waals surface area contributed by atoms with Crippen LogP contribution in [0.3, 0.4) is 0 Å². The number of aliphatic hydroxyl groups excluding tert-OH is 1. The van der Waals surface area contributed by atoms with E-state index in [1.807, 2.05) is 30.3 Å². The van der Waals surface area contributed by atoms with Gasteiger partial charge in [0.15, 0.2) is 0 Å². The summed E-state index contributed by atoms with van der Waals surface area (Å²) in [5, 5.41) is 9.56. The molecule has 0 amide bonds. The minimum absolute atomic E-state index is 0.226. The van der Waals surface area contributed by atoms with Gasteiger partial charge in [-0.3, -0.25) is 4.79 Å². The van der Waals surface area contributed by atoms with Crippen molar-refractivity contribution in [2.75, 3.05) is 0 Å². The van der Waals surface area contributed by atoms with Gasteiger partial charge in [-0.05, 0) is 38.2 Å². The van der Waals surface area contributed by atoms with E-state index in [9.17, 15) is 9.90 Å². The maximum atomic E-state index is 11.9. The summed E-state index contributed by atoms with van der Waals surface area (Å²) in [6, 6.07) is 9.98. The molecular weight excluding hydrogens is 200 g/mol. The molecule has 1 saturated carbocycles. The Balaban J connectivity index is 2.34. The maximum Gasteiger partial charge on any atom is 0.140 e. The normalized spacial score (nSPS) is 30.0. The Hall–Kier alpha value is -1.15. The van der Waals surface area contributed by atoms with E-state index < -0.39 is 0 Å². The van der Waals surface area contributed by atoms with Crippen molar-refractivity contribution >= 4 is 5.78 Å². The molecule has 1 aromatic rings. The van der Waals surface area contributed by atoms with E-state index in [1.54, 1.807) is 6.92 Å². The van der Waals surface area contributed by atoms with Gasteiger partial charge in [-0.15, -0.1) is 0 Å². The molecule has 0 atom stereocenters. The summed E-state index contributed by atoms with van der Waals surface area (Å²) in [6.45, 7) is 1.67. The number of aliphatic hydroxyl groups is 1. The number of carbonyl (C=O) groups is 1. The molecule has 0 radical (unpaired) electrons. The van der Waals surface area contributed by atoms with Crippen LogP contribution in [0.1, 0.15) is 38.2 Å². The molecule has 1 N–H and O–H groups in total. The van der Waals surface area contributed by atoms with E-state index in [4.69, 9.17) is 0 Å². The Kier molecular flexibility index (Phi) is 3.10. The highest BCUT2D eigenvalue weighted by Crippen LogP contribution is 2.40. The number of ketones is 1. The molecule has 16 heavy (non-hydrogen) atoms. The lowest BCUT2D eigenvalue weighted by Gasteiger charge is -2.37. The molecule has 86 valence electrons. The summed E-state index contributed by atoms with van der Waals surface area (Å²) in [5.41, 5.74) is 0.759. The average molecular weight is 218 g/mol. The first-order valence-corrected chi connectivity index (χ1v) is 5.90. The molecule has 2 nitrogen and oxygen atoms in total. The predicted molar refractivity (Wildman–Crippen MR) is 63.3 cm³/mol. The monoisotopic (exact) mass is 218 g/mol. The maximum absolute atomic E-state index is 11.9. The molecule has 1 aliphatic carbocycles. The summed E-state index contributed by atoms with van der Waals surface area (Å²) >= 11 is 0. The minimum Gasteiger partial charge on any atom is -0.393 e. The Morgan fingerprint density at radius 1 is 1.25 bits per heavy atom. The predicted octanol–water partition coefficient (Wildman–Crippen LogP) is 2.45. The van der Waals surface area contributed by atoms with Crippen molar-refractivity contribution < 1.29 is 9.90 Å². The topological polar surface area (TPSA) is 37.3 Å². The van der Waals surface area contributed by atoms with Gasteiger partial charge < -0.3 is 5.11 Å². The number of rotatable bonds is 2. The third-order valence-corrected chi connectivity index (χ3v) is 3.81. The molecule has 2 rings (SSSR count). The van der Waals surface area contributed by atoms with Gasteiger partial charge in [-0.25, -0.2) is 0 Å². The third-order valence-electron chi connectivity index (χ3n) is 3.81. The van der Waals surface area contributed by atoms with Crippen molar-refractivity contribution in [1.82, 2.24) is 0 Å². The van der Waals surface area contributed by atoms with Crippen molar-refractivity contribution in [3.63, 3.8) is 0 Å². The van der Waals surface area contributed by atoms with E-state index in [-0.39, 0.29) is 17.3 Å². The number of hydrogen-bond acceptors (Lipinski definition) is 2. The Morgan fingerprint density at radius 2 is 1.81 bits per heavy atom. The zero-order valence-corrected chi connectivity index (χ0v) is 9.65. The lowest BCUT2D eigenvalue weighted by Crippen LogP contribution is -2.39. The lowest BCUT2D eigenvalue weighted by molar-refractivity contribution is -0.124. The summed E-state index contributed by atoms with van der Waals surface area (Å²) in [6.07, 6.45) is 2.78. The molecular formula is C14H18O2. The van der Waals surface area contributed by atoms with Crippen LogP contribution in [0.25, 0.3) is 0 Å². The van der Waals surface area contributed by atoms with Gasteiger partial charge in [0.2, 0.25) is 0 Å². The Labute approximate surface area is 96.3 Å². The summed E-state index contributed by atoms with van der Waals surface area (Å²) in [4.78, 5) is 11.9. The van der Waals surface area contributed by atoms with Crippen molar-refractivity contribution in [3.8, 4) is 0 Å². The van der Waals surface area contributed by atoms with Gasteiger partial charge >= 0.3 is 0 Å². The van der Waals surface area contributed by atoms with Crippen LogP contribution in [0.4, 0.5) is 0 Å². The highest BCUT2D eigenvalue weighted by molar-refractivity contribution is 5.88. The van der Waals surface area contributed by atoms with E-state index in [2.05, 4.69) is 0 Å². The van der Waals surface area contributed by atoms with Crippen LogP contribution in [0.15, 0.2) is 30.3 Å². The molecule has 1 aliphatic rings. The van der Waals surface area contributed by atoms with Crippen LogP contribution >= 0.6 is 0 Å². The van der Waals surface area contributed by atoms with Gasteiger partial charge in [0.1, 0.15) is 5.78 Å². The molecule has 0 spiro atoms. The van der Waals surface area contributed by atoms with E-state index in [0.717, 1.165) is 31.2 Å². The van der Waals surface area contributed by atoms with Crippen LogP contribution in [0.2, 0.25) is 0 Å². The highest BCUT2D eigenvalue weighted by atomic mass is 16.3. The first-order chi connectivity index (χ1) is 7.65. The van der Waals surface area contributed by atoms with Crippen molar-refractivity contribution in [2.45, 2.75) is 44.1 Å². The average Bonchev–Trinajstić information content (AvgIpc) is 2.31.